The monoisotopic (exact) mass is 528 g/mol. The zero-order valence-electron chi connectivity index (χ0n) is 18.6. The predicted molar refractivity (Wildman–Crippen MR) is 139 cm³/mol. The van der Waals surface area contributed by atoms with Crippen LogP contribution in [-0.4, -0.2) is 44.7 Å². The Kier molecular flexibility index (Phi) is 6.80. The van der Waals surface area contributed by atoms with Gasteiger partial charge in [-0.15, -0.1) is 0 Å². The normalized spacial score (nSPS) is 14.3. The summed E-state index contributed by atoms with van der Waals surface area (Å²) in [5.74, 6) is 0.150. The third kappa shape index (κ3) is 5.21. The van der Waals surface area contributed by atoms with E-state index in [9.17, 15) is 8.42 Å². The Morgan fingerprint density at radius 2 is 1.60 bits per heavy atom. The van der Waals surface area contributed by atoms with Crippen LogP contribution in [0.1, 0.15) is 11.3 Å². The molecular formula is C25H22Cl2N4O3S. The molecule has 0 unspecified atom stereocenters. The van der Waals surface area contributed by atoms with Crippen molar-refractivity contribution in [1.82, 2.24) is 9.97 Å². The molecule has 2 heterocycles. The quantitative estimate of drug-likeness (QED) is 0.371. The van der Waals surface area contributed by atoms with Crippen molar-refractivity contribution in [2.24, 2.45) is 0 Å². The minimum absolute atomic E-state index is 0.0647. The zero-order valence-corrected chi connectivity index (χ0v) is 20.9. The molecule has 1 saturated heterocycles. The summed E-state index contributed by atoms with van der Waals surface area (Å²) >= 11 is 12.2. The van der Waals surface area contributed by atoms with Crippen LogP contribution in [0.2, 0.25) is 10.0 Å². The molecule has 0 spiro atoms. The lowest BCUT2D eigenvalue weighted by molar-refractivity contribution is 0.122. The molecule has 0 bridgehead atoms. The van der Waals surface area contributed by atoms with Gasteiger partial charge in [-0.2, -0.15) is 0 Å². The smallest absolute Gasteiger partial charge is 0.264 e. The molecule has 1 aliphatic heterocycles. The van der Waals surface area contributed by atoms with Crippen LogP contribution in [0, 0.1) is 0 Å². The van der Waals surface area contributed by atoms with Gasteiger partial charge in [-0.05, 0) is 42.0 Å². The number of nitrogens with one attached hydrogen (secondary N) is 1. The second-order valence-electron chi connectivity index (χ2n) is 8.09. The first kappa shape index (κ1) is 23.8. The Bertz CT molecular complexity index is 1490. The number of sulfonamides is 1. The summed E-state index contributed by atoms with van der Waals surface area (Å²) in [6, 6.07) is 19.7. The van der Waals surface area contributed by atoms with E-state index in [2.05, 4.69) is 20.7 Å². The van der Waals surface area contributed by atoms with Crippen molar-refractivity contribution in [3.05, 3.63) is 88.0 Å². The van der Waals surface area contributed by atoms with Crippen LogP contribution in [0.15, 0.2) is 71.6 Å². The summed E-state index contributed by atoms with van der Waals surface area (Å²) in [5.41, 5.74) is 3.84. The topological polar surface area (TPSA) is 84.4 Å². The highest BCUT2D eigenvalue weighted by molar-refractivity contribution is 7.92. The molecule has 7 nitrogen and oxygen atoms in total. The minimum atomic E-state index is -4.08. The zero-order chi connectivity index (χ0) is 24.4. The van der Waals surface area contributed by atoms with Gasteiger partial charge >= 0.3 is 0 Å². The van der Waals surface area contributed by atoms with Gasteiger partial charge in [0.15, 0.2) is 5.82 Å². The standard InChI is InChI=1S/C25H22Cl2N4O3S/c26-18-9-10-19(27)24(16-18)35(32,33)30-25-22(28-20-6-2-3-7-21(20)29-25)15-17-5-1-4-8-23(17)31-11-13-34-14-12-31/h1-10,16H,11-15H2,(H,29,30). The second kappa shape index (κ2) is 9.99. The van der Waals surface area contributed by atoms with Gasteiger partial charge in [-0.1, -0.05) is 53.5 Å². The van der Waals surface area contributed by atoms with E-state index < -0.39 is 10.0 Å². The van der Waals surface area contributed by atoms with Gasteiger partial charge in [-0.3, -0.25) is 4.72 Å². The number of hydrogen-bond acceptors (Lipinski definition) is 6. The van der Waals surface area contributed by atoms with Crippen LogP contribution < -0.4 is 9.62 Å². The van der Waals surface area contributed by atoms with Crippen LogP contribution in [0.5, 0.6) is 0 Å². The molecule has 1 fully saturated rings. The fourth-order valence-electron chi connectivity index (χ4n) is 4.06. The number of aromatic nitrogens is 2. The van der Waals surface area contributed by atoms with Crippen LogP contribution in [0.3, 0.4) is 0 Å². The SMILES string of the molecule is O=S(=O)(Nc1nc2ccccc2nc1Cc1ccccc1N1CCOCC1)c1cc(Cl)ccc1Cl. The first-order valence-corrected chi connectivity index (χ1v) is 13.3. The summed E-state index contributed by atoms with van der Waals surface area (Å²) < 4.78 is 34.7. The lowest BCUT2D eigenvalue weighted by atomic mass is 10.1. The lowest BCUT2D eigenvalue weighted by Crippen LogP contribution is -2.36. The fraction of sp³-hybridized carbons (Fsp3) is 0.200. The minimum Gasteiger partial charge on any atom is -0.378 e. The van der Waals surface area contributed by atoms with E-state index in [-0.39, 0.29) is 20.8 Å². The van der Waals surface area contributed by atoms with E-state index >= 15 is 0 Å². The maximum absolute atomic E-state index is 13.3. The van der Waals surface area contributed by atoms with Crippen molar-refractivity contribution in [2.45, 2.75) is 11.3 Å². The molecule has 10 heteroatoms. The molecule has 0 radical (unpaired) electrons. The van der Waals surface area contributed by atoms with E-state index in [1.807, 2.05) is 36.4 Å². The number of hydrogen-bond donors (Lipinski definition) is 1. The summed E-state index contributed by atoms with van der Waals surface area (Å²) in [6.07, 6.45) is 0.381. The molecule has 0 saturated carbocycles. The molecule has 3 aromatic carbocycles. The molecule has 1 aliphatic rings. The van der Waals surface area contributed by atoms with Crippen molar-refractivity contribution in [1.29, 1.82) is 0 Å². The number of morpholine rings is 1. The molecule has 0 amide bonds. The van der Waals surface area contributed by atoms with Crippen molar-refractivity contribution < 1.29 is 13.2 Å². The fourth-order valence-corrected chi connectivity index (χ4v) is 5.85. The highest BCUT2D eigenvalue weighted by Crippen LogP contribution is 2.30. The van der Waals surface area contributed by atoms with Crippen molar-refractivity contribution in [3.8, 4) is 0 Å². The lowest BCUT2D eigenvalue weighted by Gasteiger charge is -2.30. The van der Waals surface area contributed by atoms with E-state index in [1.165, 1.54) is 18.2 Å². The van der Waals surface area contributed by atoms with Crippen LogP contribution in [0.4, 0.5) is 11.5 Å². The molecule has 4 aromatic rings. The molecule has 180 valence electrons. The number of halogens is 2. The number of rotatable bonds is 6. The Hall–Kier alpha value is -2.91. The predicted octanol–water partition coefficient (Wildman–Crippen LogP) is 5.16. The van der Waals surface area contributed by atoms with Crippen LogP contribution in [-0.2, 0) is 21.2 Å². The molecule has 0 atom stereocenters. The average molecular weight is 529 g/mol. The molecule has 0 aliphatic carbocycles. The summed E-state index contributed by atoms with van der Waals surface area (Å²) in [5, 5.41) is 0.328. The third-order valence-corrected chi connectivity index (χ3v) is 7.81. The summed E-state index contributed by atoms with van der Waals surface area (Å²) in [7, 11) is -4.08. The van der Waals surface area contributed by atoms with Crippen LogP contribution >= 0.6 is 23.2 Å². The number of ether oxygens (including phenoxy) is 1. The Morgan fingerprint density at radius 3 is 2.37 bits per heavy atom. The first-order valence-electron chi connectivity index (χ1n) is 11.0. The van der Waals surface area contributed by atoms with Crippen molar-refractivity contribution >= 4 is 55.8 Å². The number of anilines is 2. The molecule has 1 N–H and O–H groups in total. The number of benzene rings is 3. The number of fused-ring (bicyclic) bond motifs is 1. The maximum atomic E-state index is 13.3. The Morgan fingerprint density at radius 1 is 0.914 bits per heavy atom. The summed E-state index contributed by atoms with van der Waals surface area (Å²) in [4.78, 5) is 11.5. The van der Waals surface area contributed by atoms with E-state index in [0.717, 1.165) is 24.3 Å². The molecule has 5 rings (SSSR count). The molecular weight excluding hydrogens is 507 g/mol. The van der Waals surface area contributed by atoms with E-state index in [4.69, 9.17) is 32.9 Å². The van der Waals surface area contributed by atoms with Gasteiger partial charge in [0.25, 0.3) is 10.0 Å². The number of para-hydroxylation sites is 3. The van der Waals surface area contributed by atoms with Gasteiger partial charge in [0.2, 0.25) is 0 Å². The summed E-state index contributed by atoms with van der Waals surface area (Å²) in [6.45, 7) is 2.89. The van der Waals surface area contributed by atoms with E-state index in [0.29, 0.717) is 36.4 Å². The largest absolute Gasteiger partial charge is 0.378 e. The van der Waals surface area contributed by atoms with Gasteiger partial charge in [0.05, 0.1) is 35.0 Å². The van der Waals surface area contributed by atoms with Gasteiger partial charge in [-0.25, -0.2) is 18.4 Å². The highest BCUT2D eigenvalue weighted by Gasteiger charge is 2.23. The van der Waals surface area contributed by atoms with Crippen LogP contribution in [0.25, 0.3) is 11.0 Å². The molecule has 1 aromatic heterocycles. The second-order valence-corrected chi connectivity index (χ2v) is 10.6. The van der Waals surface area contributed by atoms with Crippen molar-refractivity contribution in [2.75, 3.05) is 35.9 Å². The maximum Gasteiger partial charge on any atom is 0.264 e. The van der Waals surface area contributed by atoms with Gasteiger partial charge < -0.3 is 9.64 Å². The average Bonchev–Trinajstić information content (AvgIpc) is 2.86. The highest BCUT2D eigenvalue weighted by atomic mass is 35.5. The van der Waals surface area contributed by atoms with Gasteiger partial charge in [0.1, 0.15) is 4.90 Å². The number of nitrogens with zero attached hydrogens (tertiary/aromatic N) is 3. The first-order chi connectivity index (χ1) is 16.9. The van der Waals surface area contributed by atoms with E-state index in [1.54, 1.807) is 6.07 Å². The Balaban J connectivity index is 1.57. The Labute approximate surface area is 213 Å². The third-order valence-electron chi connectivity index (χ3n) is 5.76. The molecule has 35 heavy (non-hydrogen) atoms. The van der Waals surface area contributed by atoms with Gasteiger partial charge in [0, 0.05) is 30.2 Å². The van der Waals surface area contributed by atoms with Crippen molar-refractivity contribution in [3.63, 3.8) is 0 Å².